The van der Waals surface area contributed by atoms with Gasteiger partial charge in [0.1, 0.15) is 10.1 Å². The van der Waals surface area contributed by atoms with E-state index in [-0.39, 0.29) is 5.91 Å². The summed E-state index contributed by atoms with van der Waals surface area (Å²) >= 11 is 3.31. The molecule has 3 nitrogen and oxygen atoms in total. The molecule has 0 atom stereocenters. The second kappa shape index (κ2) is 10.0. The van der Waals surface area contributed by atoms with Crippen LogP contribution in [-0.2, 0) is 0 Å². The molecule has 1 N–H and O–H groups in total. The molecule has 26 heavy (non-hydrogen) atoms. The molecular weight excluding hydrogens is 360 g/mol. The van der Waals surface area contributed by atoms with Crippen LogP contribution >= 0.6 is 23.5 Å². The van der Waals surface area contributed by atoms with E-state index < -0.39 is 0 Å². The van der Waals surface area contributed by atoms with Crippen molar-refractivity contribution in [1.29, 1.82) is 0 Å². The number of hydrogen-bond donors (Lipinski definition) is 1. The molecule has 1 aliphatic rings. The van der Waals surface area contributed by atoms with E-state index in [2.05, 4.69) is 24.4 Å². The maximum Gasteiger partial charge on any atom is 0.254 e. The number of carbonyl (C=O) groups is 1. The maximum absolute atomic E-state index is 12.8. The van der Waals surface area contributed by atoms with Crippen molar-refractivity contribution in [3.8, 4) is 0 Å². The van der Waals surface area contributed by atoms with E-state index in [1.54, 1.807) is 23.5 Å². The Morgan fingerprint density at radius 3 is 2.62 bits per heavy atom. The molecule has 1 fully saturated rings. The van der Waals surface area contributed by atoms with Gasteiger partial charge in [-0.25, -0.2) is 4.98 Å². The minimum absolute atomic E-state index is 0.0271. The van der Waals surface area contributed by atoms with Crippen molar-refractivity contribution in [1.82, 2.24) is 10.3 Å². The molecule has 0 aliphatic heterocycles. The van der Waals surface area contributed by atoms with Crippen molar-refractivity contribution in [2.75, 3.05) is 5.75 Å². The van der Waals surface area contributed by atoms with E-state index in [1.807, 2.05) is 30.3 Å². The molecule has 1 aliphatic carbocycles. The van der Waals surface area contributed by atoms with E-state index in [0.29, 0.717) is 11.6 Å². The Kier molecular flexibility index (Phi) is 7.44. The molecule has 138 valence electrons. The van der Waals surface area contributed by atoms with Crippen molar-refractivity contribution < 1.29 is 4.79 Å². The first-order valence-electron chi connectivity index (χ1n) is 9.44. The zero-order chi connectivity index (χ0) is 18.2. The van der Waals surface area contributed by atoms with Crippen LogP contribution in [0.3, 0.4) is 0 Å². The molecule has 0 spiro atoms. The molecule has 1 aromatic heterocycles. The highest BCUT2D eigenvalue weighted by Gasteiger charge is 2.20. The molecule has 0 bridgehead atoms. The number of amides is 1. The number of carbonyl (C=O) groups excluding carboxylic acids is 1. The minimum Gasteiger partial charge on any atom is -0.349 e. The summed E-state index contributed by atoms with van der Waals surface area (Å²) in [7, 11) is 0. The lowest BCUT2D eigenvalue weighted by Gasteiger charge is -2.23. The Balaban J connectivity index is 1.75. The standard InChI is InChI=1S/C21H26N2OS2/c1-2-15-25-21-18(20(24)22-16-9-5-3-6-10-16)13-14-19(23-21)26-17-11-7-4-8-12-17/h4,7-8,11-14,16H,2-3,5-6,9-10,15H2,1H3,(H,22,24). The summed E-state index contributed by atoms with van der Waals surface area (Å²) in [5.41, 5.74) is 0.714. The van der Waals surface area contributed by atoms with Gasteiger partial charge in [0.2, 0.25) is 0 Å². The quantitative estimate of drug-likeness (QED) is 0.611. The molecule has 3 rings (SSSR count). The predicted octanol–water partition coefficient (Wildman–Crippen LogP) is 5.80. The fourth-order valence-corrected chi connectivity index (χ4v) is 4.82. The fraction of sp³-hybridized carbons (Fsp3) is 0.429. The summed E-state index contributed by atoms with van der Waals surface area (Å²) in [5.74, 6) is 0.996. The van der Waals surface area contributed by atoms with Crippen molar-refractivity contribution in [2.45, 2.75) is 66.4 Å². The van der Waals surface area contributed by atoms with Crippen LogP contribution in [0.25, 0.3) is 0 Å². The third-order valence-electron chi connectivity index (χ3n) is 4.43. The van der Waals surface area contributed by atoms with Crippen LogP contribution in [0.2, 0.25) is 0 Å². The highest BCUT2D eigenvalue weighted by Crippen LogP contribution is 2.30. The van der Waals surface area contributed by atoms with Crippen LogP contribution in [0.4, 0.5) is 0 Å². The van der Waals surface area contributed by atoms with Gasteiger partial charge >= 0.3 is 0 Å². The molecule has 5 heteroatoms. The number of hydrogen-bond acceptors (Lipinski definition) is 4. The number of nitrogens with zero attached hydrogens (tertiary/aromatic N) is 1. The smallest absolute Gasteiger partial charge is 0.254 e. The number of thioether (sulfide) groups is 1. The van der Waals surface area contributed by atoms with Gasteiger partial charge in [-0.1, -0.05) is 56.1 Å². The summed E-state index contributed by atoms with van der Waals surface area (Å²) in [5, 5.41) is 5.00. The van der Waals surface area contributed by atoms with Crippen molar-refractivity contribution in [3.63, 3.8) is 0 Å². The highest BCUT2D eigenvalue weighted by atomic mass is 32.2. The predicted molar refractivity (Wildman–Crippen MR) is 110 cm³/mol. The lowest BCUT2D eigenvalue weighted by atomic mass is 9.95. The largest absolute Gasteiger partial charge is 0.349 e. The van der Waals surface area contributed by atoms with Crippen LogP contribution < -0.4 is 5.32 Å². The van der Waals surface area contributed by atoms with Gasteiger partial charge in [0.15, 0.2) is 0 Å². The van der Waals surface area contributed by atoms with Gasteiger partial charge in [0.05, 0.1) is 5.56 Å². The first kappa shape index (κ1) is 19.3. The van der Waals surface area contributed by atoms with Gasteiger partial charge in [0.25, 0.3) is 5.91 Å². The Morgan fingerprint density at radius 1 is 1.12 bits per heavy atom. The summed E-state index contributed by atoms with van der Waals surface area (Å²) in [6.07, 6.45) is 6.97. The van der Waals surface area contributed by atoms with Crippen LogP contribution in [0.1, 0.15) is 55.8 Å². The number of rotatable bonds is 7. The molecule has 2 aromatic rings. The van der Waals surface area contributed by atoms with Crippen molar-refractivity contribution in [3.05, 3.63) is 48.0 Å². The molecule has 1 amide bonds. The summed E-state index contributed by atoms with van der Waals surface area (Å²) in [6.45, 7) is 2.15. The summed E-state index contributed by atoms with van der Waals surface area (Å²) in [6, 6.07) is 14.4. The van der Waals surface area contributed by atoms with E-state index in [1.165, 1.54) is 19.3 Å². The number of pyridine rings is 1. The van der Waals surface area contributed by atoms with Crippen molar-refractivity contribution >= 4 is 29.4 Å². The number of nitrogens with one attached hydrogen (secondary N) is 1. The second-order valence-corrected chi connectivity index (χ2v) is 8.75. The first-order valence-corrected chi connectivity index (χ1v) is 11.2. The van der Waals surface area contributed by atoms with Gasteiger partial charge in [-0.2, -0.15) is 0 Å². The van der Waals surface area contributed by atoms with Gasteiger partial charge in [-0.3, -0.25) is 4.79 Å². The van der Waals surface area contributed by atoms with Gasteiger partial charge in [-0.05, 0) is 49.3 Å². The minimum atomic E-state index is 0.0271. The van der Waals surface area contributed by atoms with Gasteiger partial charge in [0, 0.05) is 10.9 Å². The molecule has 1 saturated carbocycles. The van der Waals surface area contributed by atoms with Crippen LogP contribution in [0.5, 0.6) is 0 Å². The topological polar surface area (TPSA) is 42.0 Å². The summed E-state index contributed by atoms with van der Waals surface area (Å²) in [4.78, 5) is 18.7. The van der Waals surface area contributed by atoms with Gasteiger partial charge < -0.3 is 5.32 Å². The van der Waals surface area contributed by atoms with Crippen LogP contribution in [-0.4, -0.2) is 22.7 Å². The van der Waals surface area contributed by atoms with Gasteiger partial charge in [-0.15, -0.1) is 11.8 Å². The molecule has 1 heterocycles. The lowest BCUT2D eigenvalue weighted by Crippen LogP contribution is -2.36. The zero-order valence-corrected chi connectivity index (χ0v) is 16.9. The van der Waals surface area contributed by atoms with Crippen molar-refractivity contribution in [2.24, 2.45) is 0 Å². The third kappa shape index (κ3) is 5.52. The van der Waals surface area contributed by atoms with E-state index in [9.17, 15) is 4.79 Å². The molecule has 0 saturated heterocycles. The number of aromatic nitrogens is 1. The monoisotopic (exact) mass is 386 g/mol. The first-order chi connectivity index (χ1) is 12.8. The Morgan fingerprint density at radius 2 is 1.88 bits per heavy atom. The fourth-order valence-electron chi connectivity index (χ4n) is 3.08. The van der Waals surface area contributed by atoms with E-state index in [4.69, 9.17) is 4.98 Å². The average molecular weight is 387 g/mol. The molecule has 0 unspecified atom stereocenters. The van der Waals surface area contributed by atoms with E-state index in [0.717, 1.165) is 40.0 Å². The maximum atomic E-state index is 12.8. The van der Waals surface area contributed by atoms with E-state index >= 15 is 0 Å². The van der Waals surface area contributed by atoms with Crippen LogP contribution in [0.15, 0.2) is 57.4 Å². The molecule has 0 radical (unpaired) electrons. The van der Waals surface area contributed by atoms with Crippen LogP contribution in [0, 0.1) is 0 Å². The molecule has 1 aromatic carbocycles. The average Bonchev–Trinajstić information content (AvgIpc) is 2.68. The number of benzene rings is 1. The Hall–Kier alpha value is -1.46. The third-order valence-corrected chi connectivity index (χ3v) is 6.57. The molecular formula is C21H26N2OS2. The highest BCUT2D eigenvalue weighted by molar-refractivity contribution is 8.00. The SMILES string of the molecule is CCCSc1nc(Sc2ccccc2)ccc1C(=O)NC1CCCCC1. The second-order valence-electron chi connectivity index (χ2n) is 6.57. The Bertz CT molecular complexity index is 715. The summed E-state index contributed by atoms with van der Waals surface area (Å²) < 4.78 is 0. The Labute approximate surface area is 164 Å². The normalized spacial score (nSPS) is 15.0. The lowest BCUT2D eigenvalue weighted by molar-refractivity contribution is 0.0924. The zero-order valence-electron chi connectivity index (χ0n) is 15.2.